The maximum absolute atomic E-state index is 13.3. The summed E-state index contributed by atoms with van der Waals surface area (Å²) in [5, 5.41) is 1.13. The van der Waals surface area contributed by atoms with Gasteiger partial charge in [-0.25, -0.2) is 0 Å². The van der Waals surface area contributed by atoms with Crippen LogP contribution in [0.1, 0.15) is 43.2 Å². The van der Waals surface area contributed by atoms with Crippen LogP contribution >= 0.6 is 0 Å². The highest BCUT2D eigenvalue weighted by Gasteiger charge is 2.29. The van der Waals surface area contributed by atoms with Crippen LogP contribution in [-0.4, -0.2) is 43.1 Å². The number of nitrogens with zero attached hydrogens (tertiary/aromatic N) is 1. The highest BCUT2D eigenvalue weighted by Crippen LogP contribution is 2.42. The van der Waals surface area contributed by atoms with Gasteiger partial charge < -0.3 is 19.4 Å². The summed E-state index contributed by atoms with van der Waals surface area (Å²) in [4.78, 5) is 18.7. The van der Waals surface area contributed by atoms with Crippen molar-refractivity contribution in [2.24, 2.45) is 5.92 Å². The Morgan fingerprint density at radius 1 is 1.07 bits per heavy atom. The van der Waals surface area contributed by atoms with Crippen LogP contribution in [-0.2, 0) is 4.79 Å². The zero-order valence-corrected chi connectivity index (χ0v) is 18.0. The maximum Gasteiger partial charge on any atom is 0.223 e. The number of methoxy groups -OCH3 is 2. The van der Waals surface area contributed by atoms with Gasteiger partial charge in [-0.3, -0.25) is 4.79 Å². The van der Waals surface area contributed by atoms with E-state index in [0.29, 0.717) is 23.8 Å². The molecular weight excluding hydrogens is 376 g/mol. The topological polar surface area (TPSA) is 54.6 Å². The van der Waals surface area contributed by atoms with Gasteiger partial charge in [0.05, 0.1) is 14.2 Å². The van der Waals surface area contributed by atoms with Crippen LogP contribution in [0.15, 0.2) is 48.7 Å². The molecule has 1 fully saturated rings. The van der Waals surface area contributed by atoms with Crippen LogP contribution in [0.5, 0.6) is 11.5 Å². The molecule has 2 aromatic carbocycles. The van der Waals surface area contributed by atoms with E-state index in [0.717, 1.165) is 48.0 Å². The Balaban J connectivity index is 1.75. The van der Waals surface area contributed by atoms with Gasteiger partial charge in [-0.2, -0.15) is 0 Å². The third-order valence-corrected chi connectivity index (χ3v) is 6.32. The minimum Gasteiger partial charge on any atom is -0.493 e. The highest BCUT2D eigenvalue weighted by atomic mass is 16.5. The van der Waals surface area contributed by atoms with Crippen molar-refractivity contribution in [3.8, 4) is 11.5 Å². The third-order valence-electron chi connectivity index (χ3n) is 6.32. The Morgan fingerprint density at radius 3 is 2.57 bits per heavy atom. The van der Waals surface area contributed by atoms with Crippen molar-refractivity contribution >= 4 is 16.8 Å². The predicted octanol–water partition coefficient (Wildman–Crippen LogP) is 4.97. The molecule has 30 heavy (non-hydrogen) atoms. The fraction of sp³-hybridized carbons (Fsp3) is 0.400. The summed E-state index contributed by atoms with van der Waals surface area (Å²) < 4.78 is 11.3. The molecule has 0 spiro atoms. The zero-order chi connectivity index (χ0) is 21.1. The molecule has 1 unspecified atom stereocenters. The summed E-state index contributed by atoms with van der Waals surface area (Å²) in [6, 6.07) is 14.1. The summed E-state index contributed by atoms with van der Waals surface area (Å²) in [6.45, 7) is 3.95. The number of amides is 1. The number of rotatable bonds is 6. The number of piperidine rings is 1. The lowest BCUT2D eigenvalue weighted by molar-refractivity contribution is -0.132. The first-order chi connectivity index (χ1) is 14.6. The third kappa shape index (κ3) is 3.89. The number of ether oxygens (including phenoxy) is 2. The fourth-order valence-corrected chi connectivity index (χ4v) is 4.52. The molecule has 0 aliphatic carbocycles. The van der Waals surface area contributed by atoms with E-state index in [4.69, 9.17) is 9.47 Å². The largest absolute Gasteiger partial charge is 0.493 e. The van der Waals surface area contributed by atoms with Gasteiger partial charge in [0, 0.05) is 48.1 Å². The molecule has 1 atom stereocenters. The number of hydrogen-bond donors (Lipinski definition) is 1. The van der Waals surface area contributed by atoms with Gasteiger partial charge in [-0.1, -0.05) is 37.3 Å². The molecule has 1 N–H and O–H groups in total. The Morgan fingerprint density at radius 2 is 1.83 bits per heavy atom. The molecule has 158 valence electrons. The first-order valence-electron chi connectivity index (χ1n) is 10.7. The molecule has 5 nitrogen and oxygen atoms in total. The molecule has 1 saturated heterocycles. The smallest absolute Gasteiger partial charge is 0.223 e. The minimum atomic E-state index is -0.127. The number of carbonyl (C=O) groups excluding carboxylic acids is 1. The normalized spacial score (nSPS) is 15.9. The Kier molecular flexibility index (Phi) is 5.98. The first kappa shape index (κ1) is 20.3. The zero-order valence-electron chi connectivity index (χ0n) is 18.0. The van der Waals surface area contributed by atoms with Crippen molar-refractivity contribution in [3.63, 3.8) is 0 Å². The standard InChI is InChI=1S/C25H30N2O3/c1-17-11-13-27(14-12-17)24(28)15-20(19-8-6-10-23(29-2)25(19)30-3)21-16-26-22-9-5-4-7-18(21)22/h4-10,16-17,20,26H,11-15H2,1-3H3. The Labute approximate surface area is 178 Å². The summed E-state index contributed by atoms with van der Waals surface area (Å²) in [7, 11) is 3.30. The summed E-state index contributed by atoms with van der Waals surface area (Å²) in [5.74, 6) is 2.13. The molecule has 2 heterocycles. The van der Waals surface area contributed by atoms with Gasteiger partial charge in [0.15, 0.2) is 11.5 Å². The second-order valence-electron chi connectivity index (χ2n) is 8.19. The molecule has 3 aromatic rings. The predicted molar refractivity (Wildman–Crippen MR) is 119 cm³/mol. The monoisotopic (exact) mass is 406 g/mol. The van der Waals surface area contributed by atoms with Gasteiger partial charge in [0.2, 0.25) is 5.91 Å². The second-order valence-corrected chi connectivity index (χ2v) is 8.19. The van der Waals surface area contributed by atoms with E-state index in [1.54, 1.807) is 14.2 Å². The number of carbonyl (C=O) groups is 1. The van der Waals surface area contributed by atoms with E-state index >= 15 is 0 Å². The number of fused-ring (bicyclic) bond motifs is 1. The lowest BCUT2D eigenvalue weighted by atomic mass is 9.86. The number of aromatic amines is 1. The average molecular weight is 407 g/mol. The number of likely N-dealkylation sites (tertiary alicyclic amines) is 1. The van der Waals surface area contributed by atoms with Crippen molar-refractivity contribution in [1.29, 1.82) is 0 Å². The van der Waals surface area contributed by atoms with Crippen molar-refractivity contribution in [3.05, 3.63) is 59.8 Å². The van der Waals surface area contributed by atoms with Crippen molar-refractivity contribution in [1.82, 2.24) is 9.88 Å². The number of benzene rings is 2. The van der Waals surface area contributed by atoms with Crippen LogP contribution < -0.4 is 9.47 Å². The molecule has 5 heteroatoms. The Bertz CT molecular complexity index is 1020. The molecule has 0 saturated carbocycles. The van der Waals surface area contributed by atoms with Crippen LogP contribution in [0.2, 0.25) is 0 Å². The van der Waals surface area contributed by atoms with Crippen molar-refractivity contribution < 1.29 is 14.3 Å². The molecule has 0 radical (unpaired) electrons. The Hall–Kier alpha value is -2.95. The molecule has 1 aliphatic rings. The number of hydrogen-bond acceptors (Lipinski definition) is 3. The molecule has 0 bridgehead atoms. The molecule has 1 aromatic heterocycles. The fourth-order valence-electron chi connectivity index (χ4n) is 4.52. The van der Waals surface area contributed by atoms with Gasteiger partial charge >= 0.3 is 0 Å². The number of aromatic nitrogens is 1. The van der Waals surface area contributed by atoms with Crippen LogP contribution in [0, 0.1) is 5.92 Å². The maximum atomic E-state index is 13.3. The quantitative estimate of drug-likeness (QED) is 0.629. The van der Waals surface area contributed by atoms with Crippen LogP contribution in [0.25, 0.3) is 10.9 Å². The lowest BCUT2D eigenvalue weighted by Crippen LogP contribution is -2.38. The lowest BCUT2D eigenvalue weighted by Gasteiger charge is -2.32. The van der Waals surface area contributed by atoms with Gasteiger partial charge in [0.1, 0.15) is 0 Å². The molecular formula is C25H30N2O3. The van der Waals surface area contributed by atoms with Crippen LogP contribution in [0.3, 0.4) is 0 Å². The summed E-state index contributed by atoms with van der Waals surface area (Å²) in [5.41, 5.74) is 3.15. The van der Waals surface area contributed by atoms with E-state index in [-0.39, 0.29) is 11.8 Å². The summed E-state index contributed by atoms with van der Waals surface area (Å²) >= 11 is 0. The minimum absolute atomic E-state index is 0.127. The van der Waals surface area contributed by atoms with E-state index in [1.165, 1.54) is 0 Å². The molecule has 1 aliphatic heterocycles. The van der Waals surface area contributed by atoms with E-state index in [9.17, 15) is 4.79 Å². The van der Waals surface area contributed by atoms with Gasteiger partial charge in [0.25, 0.3) is 0 Å². The number of H-pyrrole nitrogens is 1. The second kappa shape index (κ2) is 8.82. The highest BCUT2D eigenvalue weighted by molar-refractivity contribution is 5.86. The summed E-state index contributed by atoms with van der Waals surface area (Å²) in [6.07, 6.45) is 4.58. The molecule has 4 rings (SSSR count). The first-order valence-corrected chi connectivity index (χ1v) is 10.7. The van der Waals surface area contributed by atoms with E-state index in [1.807, 2.05) is 41.4 Å². The van der Waals surface area contributed by atoms with Gasteiger partial charge in [-0.05, 0) is 36.5 Å². The average Bonchev–Trinajstić information content (AvgIpc) is 3.21. The SMILES string of the molecule is COc1cccc(C(CC(=O)N2CCC(C)CC2)c2c[nH]c3ccccc23)c1OC. The van der Waals surface area contributed by atoms with Crippen molar-refractivity contribution in [2.45, 2.75) is 32.1 Å². The number of para-hydroxylation sites is 2. The molecule has 1 amide bonds. The van der Waals surface area contributed by atoms with Gasteiger partial charge in [-0.15, -0.1) is 0 Å². The van der Waals surface area contributed by atoms with E-state index in [2.05, 4.69) is 24.0 Å². The van der Waals surface area contributed by atoms with E-state index < -0.39 is 0 Å². The van der Waals surface area contributed by atoms with Crippen LogP contribution in [0.4, 0.5) is 0 Å². The van der Waals surface area contributed by atoms with Crippen molar-refractivity contribution in [2.75, 3.05) is 27.3 Å². The number of nitrogens with one attached hydrogen (secondary N) is 1.